The van der Waals surface area contributed by atoms with E-state index in [0.717, 1.165) is 24.1 Å². The summed E-state index contributed by atoms with van der Waals surface area (Å²) in [4.78, 5) is 23.3. The van der Waals surface area contributed by atoms with E-state index < -0.39 is 17.8 Å². The van der Waals surface area contributed by atoms with E-state index >= 15 is 0 Å². The third kappa shape index (κ3) is 6.00. The average molecular weight is 505 g/mol. The number of aromatic nitrogens is 5. The van der Waals surface area contributed by atoms with Gasteiger partial charge >= 0.3 is 0 Å². The molecule has 4 aromatic rings. The van der Waals surface area contributed by atoms with Crippen LogP contribution in [0.5, 0.6) is 5.75 Å². The van der Waals surface area contributed by atoms with E-state index in [1.165, 1.54) is 67.8 Å². The Morgan fingerprint density at radius 1 is 1.14 bits per heavy atom. The molecule has 2 aromatic heterocycles. The smallest absolute Gasteiger partial charge is 0.246 e. The first-order valence-electron chi connectivity index (χ1n) is 12.4. The van der Waals surface area contributed by atoms with E-state index in [0.29, 0.717) is 29.3 Å². The summed E-state index contributed by atoms with van der Waals surface area (Å²) < 4.78 is 21.0. The number of fused-ring (bicyclic) bond motifs is 1. The monoisotopic (exact) mass is 504 g/mol. The zero-order valence-electron chi connectivity index (χ0n) is 20.4. The highest BCUT2D eigenvalue weighted by molar-refractivity contribution is 5.91. The van der Waals surface area contributed by atoms with Gasteiger partial charge in [-0.05, 0) is 62.2 Å². The highest BCUT2D eigenvalue weighted by atomic mass is 19.1. The van der Waals surface area contributed by atoms with Gasteiger partial charge in [0.05, 0.1) is 18.3 Å². The molecule has 10 nitrogen and oxygen atoms in total. The predicted molar refractivity (Wildman–Crippen MR) is 137 cm³/mol. The Hall–Kier alpha value is -4.12. The van der Waals surface area contributed by atoms with Gasteiger partial charge in [0.2, 0.25) is 5.91 Å². The molecule has 1 aliphatic rings. The van der Waals surface area contributed by atoms with Crippen molar-refractivity contribution in [3.63, 3.8) is 0 Å². The molecule has 0 bridgehead atoms. The maximum Gasteiger partial charge on any atom is 0.246 e. The number of ether oxygens (including phenoxy) is 1. The number of anilines is 2. The molecule has 1 fully saturated rings. The van der Waals surface area contributed by atoms with Crippen LogP contribution >= 0.6 is 0 Å². The highest BCUT2D eigenvalue weighted by Gasteiger charge is 2.22. The van der Waals surface area contributed by atoms with Crippen molar-refractivity contribution in [3.05, 3.63) is 66.4 Å². The maximum atomic E-state index is 13.7. The van der Waals surface area contributed by atoms with Crippen LogP contribution in [0.15, 0.2) is 55.0 Å². The van der Waals surface area contributed by atoms with Gasteiger partial charge in [0, 0.05) is 18.0 Å². The van der Waals surface area contributed by atoms with Crippen molar-refractivity contribution in [2.24, 2.45) is 5.73 Å². The minimum atomic E-state index is -1.00. The number of benzene rings is 2. The number of hydrogen-bond acceptors (Lipinski definition) is 8. The van der Waals surface area contributed by atoms with Crippen LogP contribution in [0.1, 0.15) is 37.3 Å². The molecule has 3 N–H and O–H groups in total. The van der Waals surface area contributed by atoms with Crippen molar-refractivity contribution in [2.75, 3.05) is 31.6 Å². The van der Waals surface area contributed by atoms with Gasteiger partial charge in [-0.25, -0.2) is 19.0 Å². The number of carbonyl (C=O) groups is 1. The minimum absolute atomic E-state index is 0.348. The summed E-state index contributed by atoms with van der Waals surface area (Å²) >= 11 is 0. The summed E-state index contributed by atoms with van der Waals surface area (Å²) in [7, 11) is 0. The molecule has 5 rings (SSSR count). The lowest BCUT2D eigenvalue weighted by molar-refractivity contribution is -0.120. The van der Waals surface area contributed by atoms with Gasteiger partial charge in [0.25, 0.3) is 0 Å². The van der Waals surface area contributed by atoms with Crippen molar-refractivity contribution >= 4 is 28.4 Å². The normalized spacial score (nSPS) is 14.9. The number of nitrogens with one attached hydrogen (secondary N) is 1. The molecule has 3 heterocycles. The predicted octanol–water partition coefficient (Wildman–Crippen LogP) is 3.43. The Kier molecular flexibility index (Phi) is 7.50. The number of amides is 1. The second-order valence-corrected chi connectivity index (χ2v) is 9.07. The van der Waals surface area contributed by atoms with Crippen LogP contribution in [0.3, 0.4) is 0 Å². The number of nitrogens with zero attached hydrogens (tertiary/aromatic N) is 6. The van der Waals surface area contributed by atoms with E-state index in [9.17, 15) is 9.18 Å². The molecule has 1 unspecified atom stereocenters. The fraction of sp³-hybridized carbons (Fsp3) is 0.346. The quantitative estimate of drug-likeness (QED) is 0.315. The maximum absolute atomic E-state index is 13.7. The van der Waals surface area contributed by atoms with Gasteiger partial charge in [0.1, 0.15) is 23.7 Å². The summed E-state index contributed by atoms with van der Waals surface area (Å²) in [5.41, 5.74) is 6.67. The van der Waals surface area contributed by atoms with Gasteiger partial charge in [-0.1, -0.05) is 23.8 Å². The summed E-state index contributed by atoms with van der Waals surface area (Å²) in [5, 5.41) is 12.0. The Labute approximate surface area is 213 Å². The van der Waals surface area contributed by atoms with Gasteiger partial charge in [-0.3, -0.25) is 4.79 Å². The highest BCUT2D eigenvalue weighted by Crippen LogP contribution is 2.26. The Balaban J connectivity index is 1.26. The van der Waals surface area contributed by atoms with Crippen molar-refractivity contribution in [3.8, 4) is 5.75 Å². The molecule has 0 radical (unpaired) electrons. The SMILES string of the molecule is NC(=O)C(c1cccc(F)c1)n1cc(Nc2ncnc3cc(OCCCN4CCCCC4)ccc23)nn1. The van der Waals surface area contributed by atoms with Crippen LogP contribution in [0.4, 0.5) is 16.0 Å². The molecule has 11 heteroatoms. The molecule has 0 aliphatic carbocycles. The van der Waals surface area contributed by atoms with Crippen LogP contribution in [-0.4, -0.2) is 62.0 Å². The molecule has 192 valence electrons. The number of piperidine rings is 1. The molecule has 0 saturated carbocycles. The summed E-state index contributed by atoms with van der Waals surface area (Å²) in [6.07, 6.45) is 7.87. The van der Waals surface area contributed by atoms with Crippen LogP contribution < -0.4 is 15.8 Å². The zero-order valence-corrected chi connectivity index (χ0v) is 20.4. The molecule has 0 spiro atoms. The number of nitrogens with two attached hydrogens (primary N) is 1. The van der Waals surface area contributed by atoms with E-state index in [4.69, 9.17) is 10.5 Å². The first-order valence-corrected chi connectivity index (χ1v) is 12.4. The van der Waals surface area contributed by atoms with E-state index in [1.54, 1.807) is 6.07 Å². The topological polar surface area (TPSA) is 124 Å². The summed E-state index contributed by atoms with van der Waals surface area (Å²) in [6.45, 7) is 4.07. The van der Waals surface area contributed by atoms with Gasteiger partial charge in [0.15, 0.2) is 11.9 Å². The number of carbonyl (C=O) groups excluding carboxylic acids is 1. The standard InChI is InChI=1S/C26H29FN8O2/c27-19-7-4-6-18(14-19)24(25(28)36)35-16-23(32-33-35)31-26-21-9-8-20(15-22(21)29-17-30-26)37-13-5-12-34-10-2-1-3-11-34/h4,6-9,14-17,24H,1-3,5,10-13H2,(H2,28,36)(H,29,30,31). The molecule has 1 saturated heterocycles. The second-order valence-electron chi connectivity index (χ2n) is 9.07. The minimum Gasteiger partial charge on any atom is -0.493 e. The van der Waals surface area contributed by atoms with Crippen LogP contribution in [0.2, 0.25) is 0 Å². The first kappa shape index (κ1) is 24.6. The fourth-order valence-electron chi connectivity index (χ4n) is 4.59. The van der Waals surface area contributed by atoms with Crippen molar-refractivity contribution in [1.29, 1.82) is 0 Å². The molecule has 1 atom stereocenters. The summed E-state index contributed by atoms with van der Waals surface area (Å²) in [5.74, 6) is 0.468. The lowest BCUT2D eigenvalue weighted by atomic mass is 10.1. The second kappa shape index (κ2) is 11.3. The van der Waals surface area contributed by atoms with E-state index in [-0.39, 0.29) is 0 Å². The number of rotatable bonds is 10. The molecular formula is C26H29FN8O2. The third-order valence-corrected chi connectivity index (χ3v) is 6.40. The van der Waals surface area contributed by atoms with Gasteiger partial charge in [-0.15, -0.1) is 5.10 Å². The molecule has 1 aliphatic heterocycles. The first-order chi connectivity index (χ1) is 18.1. The Morgan fingerprint density at radius 2 is 2.00 bits per heavy atom. The van der Waals surface area contributed by atoms with Crippen LogP contribution in [0, 0.1) is 5.82 Å². The Morgan fingerprint density at radius 3 is 2.81 bits per heavy atom. The van der Waals surface area contributed by atoms with Gasteiger partial charge < -0.3 is 20.7 Å². The van der Waals surface area contributed by atoms with Crippen molar-refractivity contribution < 1.29 is 13.9 Å². The lowest BCUT2D eigenvalue weighted by Gasteiger charge is -2.26. The van der Waals surface area contributed by atoms with Crippen molar-refractivity contribution in [1.82, 2.24) is 29.9 Å². The number of likely N-dealkylation sites (tertiary alicyclic amines) is 1. The molecule has 2 aromatic carbocycles. The average Bonchev–Trinajstić information content (AvgIpc) is 3.35. The number of hydrogen-bond donors (Lipinski definition) is 2. The molecular weight excluding hydrogens is 475 g/mol. The van der Waals surface area contributed by atoms with Crippen molar-refractivity contribution in [2.45, 2.75) is 31.7 Å². The van der Waals surface area contributed by atoms with Gasteiger partial charge in [-0.2, -0.15) is 0 Å². The largest absolute Gasteiger partial charge is 0.493 e. The van der Waals surface area contributed by atoms with Crippen LogP contribution in [-0.2, 0) is 4.79 Å². The lowest BCUT2D eigenvalue weighted by Crippen LogP contribution is -2.31. The molecule has 37 heavy (non-hydrogen) atoms. The van der Waals surface area contributed by atoms with E-state index in [1.807, 2.05) is 18.2 Å². The molecule has 1 amide bonds. The summed E-state index contributed by atoms with van der Waals surface area (Å²) in [6, 6.07) is 10.3. The number of primary amides is 1. The van der Waals surface area contributed by atoms with E-state index in [2.05, 4.69) is 30.5 Å². The number of halogens is 1. The third-order valence-electron chi connectivity index (χ3n) is 6.40. The van der Waals surface area contributed by atoms with Crippen LogP contribution in [0.25, 0.3) is 10.9 Å². The fourth-order valence-corrected chi connectivity index (χ4v) is 4.59. The zero-order chi connectivity index (χ0) is 25.6. The Bertz CT molecular complexity index is 1370.